The summed E-state index contributed by atoms with van der Waals surface area (Å²) in [5, 5.41) is 25.9. The van der Waals surface area contributed by atoms with Crippen molar-refractivity contribution in [3.63, 3.8) is 0 Å². The second-order valence-corrected chi connectivity index (χ2v) is 8.80. The molecule has 1 rings (SSSR count). The smallest absolute Gasteiger partial charge is 0.325 e. The third-order valence-corrected chi connectivity index (χ3v) is 5.11. The van der Waals surface area contributed by atoms with E-state index in [9.17, 15) is 29.1 Å². The van der Waals surface area contributed by atoms with Crippen molar-refractivity contribution in [1.82, 2.24) is 16.0 Å². The molecule has 0 aromatic heterocycles. The van der Waals surface area contributed by atoms with E-state index in [-0.39, 0.29) is 30.9 Å². The number of phenols is 1. The summed E-state index contributed by atoms with van der Waals surface area (Å²) in [6, 6.07) is 1.46. The molecular formula is C23H35N5O7. The fraction of sp³-hybridized carbons (Fsp3) is 0.522. The maximum atomic E-state index is 13.1. The summed E-state index contributed by atoms with van der Waals surface area (Å²) in [6.45, 7) is 5.04. The normalized spacial score (nSPS) is 14.3. The fourth-order valence-electron chi connectivity index (χ4n) is 3.17. The third kappa shape index (κ3) is 10.9. The van der Waals surface area contributed by atoms with Crippen LogP contribution in [0.25, 0.3) is 0 Å². The van der Waals surface area contributed by atoms with Crippen LogP contribution in [0.5, 0.6) is 5.75 Å². The van der Waals surface area contributed by atoms with Gasteiger partial charge in [-0.05, 0) is 43.4 Å². The van der Waals surface area contributed by atoms with Crippen molar-refractivity contribution in [2.24, 2.45) is 17.4 Å². The Morgan fingerprint density at radius 3 is 1.94 bits per heavy atom. The first-order valence-corrected chi connectivity index (χ1v) is 11.3. The summed E-state index contributed by atoms with van der Waals surface area (Å²) in [6.07, 6.45) is -0.0158. The molecule has 1 aromatic rings. The molecule has 12 nitrogen and oxygen atoms in total. The zero-order valence-electron chi connectivity index (χ0n) is 20.1. The van der Waals surface area contributed by atoms with Crippen LogP contribution in [-0.2, 0) is 30.4 Å². The second kappa shape index (κ2) is 13.9. The van der Waals surface area contributed by atoms with Gasteiger partial charge in [-0.3, -0.25) is 24.0 Å². The van der Waals surface area contributed by atoms with Gasteiger partial charge in [0.2, 0.25) is 23.6 Å². The topological polar surface area (TPSA) is 214 Å². The third-order valence-electron chi connectivity index (χ3n) is 5.11. The van der Waals surface area contributed by atoms with E-state index in [4.69, 9.17) is 16.6 Å². The minimum absolute atomic E-state index is 0.0158. The van der Waals surface area contributed by atoms with Crippen LogP contribution in [-0.4, -0.2) is 64.0 Å². The Morgan fingerprint density at radius 2 is 1.43 bits per heavy atom. The highest BCUT2D eigenvalue weighted by Gasteiger charge is 2.30. The summed E-state index contributed by atoms with van der Waals surface area (Å²) in [5.74, 6) is -3.95. The molecule has 0 radical (unpaired) electrons. The highest BCUT2D eigenvalue weighted by Crippen LogP contribution is 2.12. The number of aromatic hydroxyl groups is 1. The van der Waals surface area contributed by atoms with Crippen LogP contribution >= 0.6 is 0 Å². The highest BCUT2D eigenvalue weighted by atomic mass is 16.4. The van der Waals surface area contributed by atoms with Crippen LogP contribution in [0.1, 0.15) is 45.6 Å². The molecule has 0 aliphatic rings. The lowest BCUT2D eigenvalue weighted by Gasteiger charge is -2.25. The SMILES string of the molecule is CC(C)CC(N)C(=O)NC(Cc1ccc(O)cc1)C(=O)NC(CCC(N)=O)C(=O)NC(C)C(=O)O. The van der Waals surface area contributed by atoms with Gasteiger partial charge in [0.25, 0.3) is 0 Å². The second-order valence-electron chi connectivity index (χ2n) is 8.80. The van der Waals surface area contributed by atoms with Crippen molar-refractivity contribution < 1.29 is 34.2 Å². The number of nitrogens with one attached hydrogen (secondary N) is 3. The number of carboxylic acids is 1. The van der Waals surface area contributed by atoms with Crippen LogP contribution < -0.4 is 27.4 Å². The van der Waals surface area contributed by atoms with E-state index in [1.54, 1.807) is 12.1 Å². The Bertz CT molecular complexity index is 904. The summed E-state index contributed by atoms with van der Waals surface area (Å²) >= 11 is 0. The average molecular weight is 494 g/mol. The van der Waals surface area contributed by atoms with Crippen molar-refractivity contribution >= 4 is 29.6 Å². The van der Waals surface area contributed by atoms with Crippen LogP contribution in [0.2, 0.25) is 0 Å². The van der Waals surface area contributed by atoms with Gasteiger partial charge in [-0.15, -0.1) is 0 Å². The zero-order chi connectivity index (χ0) is 26.7. The Balaban J connectivity index is 3.11. The van der Waals surface area contributed by atoms with Crippen LogP contribution in [0, 0.1) is 5.92 Å². The molecule has 1 aromatic carbocycles. The number of rotatable bonds is 14. The minimum atomic E-state index is -1.28. The van der Waals surface area contributed by atoms with E-state index < -0.39 is 53.8 Å². The predicted octanol–water partition coefficient (Wildman–Crippen LogP) is -0.867. The molecule has 4 amide bonds. The molecule has 0 aliphatic carbocycles. The van der Waals surface area contributed by atoms with Gasteiger partial charge in [-0.1, -0.05) is 26.0 Å². The Labute approximate surface area is 203 Å². The molecule has 0 bridgehead atoms. The minimum Gasteiger partial charge on any atom is -0.508 e. The molecule has 0 spiro atoms. The lowest BCUT2D eigenvalue weighted by Crippen LogP contribution is -2.57. The first-order chi connectivity index (χ1) is 16.3. The molecule has 0 aliphatic heterocycles. The number of primary amides is 1. The summed E-state index contributed by atoms with van der Waals surface area (Å²) < 4.78 is 0. The molecule has 194 valence electrons. The van der Waals surface area contributed by atoms with Gasteiger partial charge in [0.15, 0.2) is 0 Å². The van der Waals surface area contributed by atoms with Gasteiger partial charge in [-0.25, -0.2) is 0 Å². The maximum Gasteiger partial charge on any atom is 0.325 e. The van der Waals surface area contributed by atoms with Crippen molar-refractivity contribution in [2.75, 3.05) is 0 Å². The van der Waals surface area contributed by atoms with E-state index in [0.717, 1.165) is 0 Å². The number of carbonyl (C=O) groups is 5. The molecule has 0 fully saturated rings. The van der Waals surface area contributed by atoms with Crippen molar-refractivity contribution in [3.8, 4) is 5.75 Å². The number of carbonyl (C=O) groups excluding carboxylic acids is 4. The van der Waals surface area contributed by atoms with Gasteiger partial charge in [0.1, 0.15) is 23.9 Å². The maximum absolute atomic E-state index is 13.1. The van der Waals surface area contributed by atoms with E-state index in [0.29, 0.717) is 12.0 Å². The van der Waals surface area contributed by atoms with E-state index in [2.05, 4.69) is 16.0 Å². The highest BCUT2D eigenvalue weighted by molar-refractivity contribution is 5.94. The standard InChI is InChI=1S/C23H35N5O7/c1-12(2)10-16(24)20(31)28-18(11-14-4-6-15(29)7-5-14)22(33)27-17(8-9-19(25)30)21(32)26-13(3)23(34)35/h4-7,12-13,16-18,29H,8-11,24H2,1-3H3,(H2,25,30)(H,26,32)(H,27,33)(H,28,31)(H,34,35). The van der Waals surface area contributed by atoms with Crippen LogP contribution in [0.3, 0.4) is 0 Å². The number of benzene rings is 1. The summed E-state index contributed by atoms with van der Waals surface area (Å²) in [5.41, 5.74) is 11.7. The van der Waals surface area contributed by atoms with Gasteiger partial charge in [0.05, 0.1) is 6.04 Å². The van der Waals surface area contributed by atoms with E-state index >= 15 is 0 Å². The average Bonchev–Trinajstić information content (AvgIpc) is 2.76. The molecule has 12 heteroatoms. The number of phenolic OH excluding ortho intramolecular Hbond substituents is 1. The number of aliphatic carboxylic acids is 1. The summed E-state index contributed by atoms with van der Waals surface area (Å²) in [4.78, 5) is 60.7. The number of hydrogen-bond donors (Lipinski definition) is 7. The van der Waals surface area contributed by atoms with E-state index in [1.807, 2.05) is 13.8 Å². The fourth-order valence-corrected chi connectivity index (χ4v) is 3.17. The van der Waals surface area contributed by atoms with Crippen molar-refractivity contribution in [2.45, 2.75) is 70.6 Å². The lowest BCUT2D eigenvalue weighted by molar-refractivity contribution is -0.142. The first kappa shape index (κ1) is 29.4. The number of amides is 4. The molecule has 4 unspecified atom stereocenters. The predicted molar refractivity (Wildman–Crippen MR) is 127 cm³/mol. The van der Waals surface area contributed by atoms with Gasteiger partial charge in [0, 0.05) is 12.8 Å². The largest absolute Gasteiger partial charge is 0.508 e. The molecule has 9 N–H and O–H groups in total. The molecule has 0 saturated carbocycles. The molecular weight excluding hydrogens is 458 g/mol. The number of hydrogen-bond acceptors (Lipinski definition) is 7. The van der Waals surface area contributed by atoms with Crippen molar-refractivity contribution in [3.05, 3.63) is 29.8 Å². The number of carboxylic acid groups (broad SMARTS) is 1. The molecule has 0 heterocycles. The molecule has 35 heavy (non-hydrogen) atoms. The molecule has 0 saturated heterocycles. The van der Waals surface area contributed by atoms with Gasteiger partial charge >= 0.3 is 5.97 Å². The molecule has 4 atom stereocenters. The Morgan fingerprint density at radius 1 is 0.886 bits per heavy atom. The van der Waals surface area contributed by atoms with Crippen molar-refractivity contribution in [1.29, 1.82) is 0 Å². The van der Waals surface area contributed by atoms with Crippen LogP contribution in [0.15, 0.2) is 24.3 Å². The van der Waals surface area contributed by atoms with Gasteiger partial charge < -0.3 is 37.6 Å². The van der Waals surface area contributed by atoms with Gasteiger partial charge in [-0.2, -0.15) is 0 Å². The summed E-state index contributed by atoms with van der Waals surface area (Å²) in [7, 11) is 0. The number of nitrogens with two attached hydrogens (primary N) is 2. The lowest BCUT2D eigenvalue weighted by atomic mass is 10.0. The first-order valence-electron chi connectivity index (χ1n) is 11.3. The quantitative estimate of drug-likeness (QED) is 0.172. The monoisotopic (exact) mass is 493 g/mol. The van der Waals surface area contributed by atoms with E-state index in [1.165, 1.54) is 19.1 Å². The Hall–Kier alpha value is -3.67. The zero-order valence-corrected chi connectivity index (χ0v) is 20.1. The van der Waals surface area contributed by atoms with Crippen LogP contribution in [0.4, 0.5) is 0 Å². The Kier molecular flexibility index (Phi) is 11.7.